The smallest absolute Gasteiger partial charge is 0.222 e. The molecule has 3 aromatic heterocycles. The zero-order valence-corrected chi connectivity index (χ0v) is 22.3. The second-order valence-electron chi connectivity index (χ2n) is 11.2. The molecule has 0 saturated carbocycles. The minimum Gasteiger partial charge on any atom is -0.455 e. The molecule has 0 amide bonds. The lowest BCUT2D eigenvalue weighted by atomic mass is 9.77. The third-order valence-corrected chi connectivity index (χ3v) is 8.82. The number of pyridine rings is 2. The molecule has 2 aliphatic heterocycles. The number of hydrogen-bond acceptors (Lipinski definition) is 1. The Morgan fingerprint density at radius 1 is 0.769 bits per heavy atom. The van der Waals surface area contributed by atoms with Gasteiger partial charge in [0.15, 0.2) is 24.1 Å². The molecule has 0 N–H and O–H groups in total. The molecular weight excluding hydrogens is 476 g/mol. The summed E-state index contributed by atoms with van der Waals surface area (Å²) in [6, 6.07) is 33.2. The van der Waals surface area contributed by atoms with Crippen LogP contribution >= 0.6 is 0 Å². The summed E-state index contributed by atoms with van der Waals surface area (Å²) in [7, 11) is 0. The van der Waals surface area contributed by atoms with Gasteiger partial charge in [-0.05, 0) is 47.4 Å². The highest BCUT2D eigenvalue weighted by atomic mass is 16.3. The molecule has 2 aliphatic rings. The van der Waals surface area contributed by atoms with Gasteiger partial charge >= 0.3 is 0 Å². The van der Waals surface area contributed by atoms with Gasteiger partial charge in [0.1, 0.15) is 17.1 Å². The Labute approximate surface area is 228 Å². The molecule has 5 heterocycles. The Bertz CT molecular complexity index is 1960. The fourth-order valence-electron chi connectivity index (χ4n) is 7.06. The fourth-order valence-corrected chi connectivity index (χ4v) is 7.06. The predicted octanol–water partition coefficient (Wildman–Crippen LogP) is 7.98. The summed E-state index contributed by atoms with van der Waals surface area (Å²) >= 11 is 0. The van der Waals surface area contributed by atoms with E-state index < -0.39 is 0 Å². The quantitative estimate of drug-likeness (QED) is 0.207. The molecule has 0 fully saturated rings. The van der Waals surface area contributed by atoms with Crippen LogP contribution in [-0.4, -0.2) is 0 Å². The van der Waals surface area contributed by atoms with Crippen LogP contribution in [0.1, 0.15) is 48.4 Å². The van der Waals surface area contributed by atoms with Crippen LogP contribution in [-0.2, 0) is 6.42 Å². The van der Waals surface area contributed by atoms with Crippen molar-refractivity contribution in [2.45, 2.75) is 38.1 Å². The molecule has 0 radical (unpaired) electrons. The van der Waals surface area contributed by atoms with Crippen molar-refractivity contribution in [3.8, 4) is 22.5 Å². The van der Waals surface area contributed by atoms with Crippen LogP contribution in [0.5, 0.6) is 0 Å². The maximum atomic E-state index is 6.84. The molecule has 0 aliphatic carbocycles. The normalized spacial score (nSPS) is 17.7. The summed E-state index contributed by atoms with van der Waals surface area (Å²) in [5.74, 6) is 0.521. The van der Waals surface area contributed by atoms with Crippen molar-refractivity contribution in [1.82, 2.24) is 0 Å². The van der Waals surface area contributed by atoms with E-state index in [2.05, 4.69) is 126 Å². The first-order valence-electron chi connectivity index (χ1n) is 13.9. The highest BCUT2D eigenvalue weighted by molar-refractivity contribution is 6.10. The molecule has 3 heteroatoms. The fraction of sp³-hybridized carbons (Fsp3) is 0.167. The van der Waals surface area contributed by atoms with Gasteiger partial charge in [-0.25, -0.2) is 0 Å². The Kier molecular flexibility index (Phi) is 4.75. The first-order chi connectivity index (χ1) is 19.1. The monoisotopic (exact) mass is 506 g/mol. The first-order valence-corrected chi connectivity index (χ1v) is 13.9. The van der Waals surface area contributed by atoms with E-state index in [1.54, 1.807) is 0 Å². The number of benzene rings is 3. The lowest BCUT2D eigenvalue weighted by Gasteiger charge is -2.31. The van der Waals surface area contributed by atoms with Crippen LogP contribution in [0.15, 0.2) is 114 Å². The zero-order chi connectivity index (χ0) is 26.2. The van der Waals surface area contributed by atoms with Crippen LogP contribution in [0.25, 0.3) is 50.2 Å². The van der Waals surface area contributed by atoms with Gasteiger partial charge in [-0.15, -0.1) is 0 Å². The van der Waals surface area contributed by atoms with Crippen molar-refractivity contribution in [1.29, 1.82) is 0 Å². The van der Waals surface area contributed by atoms with Crippen molar-refractivity contribution >= 4 is 27.6 Å². The van der Waals surface area contributed by atoms with E-state index in [1.807, 2.05) is 0 Å². The van der Waals surface area contributed by atoms with Crippen LogP contribution in [0.3, 0.4) is 0 Å². The van der Waals surface area contributed by atoms with Crippen LogP contribution in [0.4, 0.5) is 0 Å². The summed E-state index contributed by atoms with van der Waals surface area (Å²) in [6.45, 7) is 9.23. The Balaban J connectivity index is 1.46. The lowest BCUT2D eigenvalue weighted by Crippen LogP contribution is -2.52. The third kappa shape index (κ3) is 3.10. The Morgan fingerprint density at radius 3 is 2.41 bits per heavy atom. The molecule has 3 aromatic carbocycles. The van der Waals surface area contributed by atoms with Gasteiger partial charge in [-0.2, -0.15) is 9.13 Å². The Morgan fingerprint density at radius 2 is 1.54 bits per heavy atom. The molecule has 0 spiro atoms. The number of furan rings is 1. The Hall–Kier alpha value is -4.50. The van der Waals surface area contributed by atoms with Gasteiger partial charge in [0.25, 0.3) is 0 Å². The average molecular weight is 507 g/mol. The number of nitrogens with zero attached hydrogens (tertiary/aromatic N) is 2. The van der Waals surface area contributed by atoms with Crippen LogP contribution in [0.2, 0.25) is 0 Å². The highest BCUT2D eigenvalue weighted by Gasteiger charge is 2.47. The van der Waals surface area contributed by atoms with Crippen LogP contribution < -0.4 is 9.13 Å². The summed E-state index contributed by atoms with van der Waals surface area (Å²) in [6.07, 6.45) is 5.29. The van der Waals surface area contributed by atoms with Crippen LogP contribution in [0, 0.1) is 0 Å². The van der Waals surface area contributed by atoms with Gasteiger partial charge in [-0.1, -0.05) is 62.4 Å². The number of hydrogen-bond donors (Lipinski definition) is 0. The van der Waals surface area contributed by atoms with Crippen molar-refractivity contribution in [3.05, 3.63) is 127 Å². The van der Waals surface area contributed by atoms with Gasteiger partial charge in [0, 0.05) is 41.5 Å². The molecule has 39 heavy (non-hydrogen) atoms. The summed E-state index contributed by atoms with van der Waals surface area (Å²) in [5, 5.41) is 2.36. The molecular formula is C36H30N2O+2. The number of rotatable bonds is 1. The second-order valence-corrected chi connectivity index (χ2v) is 11.2. The number of para-hydroxylation sites is 1. The van der Waals surface area contributed by atoms with Gasteiger partial charge in [0.2, 0.25) is 11.4 Å². The van der Waals surface area contributed by atoms with Crippen molar-refractivity contribution < 1.29 is 13.6 Å². The largest absolute Gasteiger partial charge is 0.455 e. The first kappa shape index (κ1) is 22.5. The van der Waals surface area contributed by atoms with Gasteiger partial charge < -0.3 is 4.42 Å². The molecule has 188 valence electrons. The standard InChI is InChI=1S/C36H30N2O/c1-22(2)25-13-10-14-28-29-18-17-24-21-32-33(27-12-5-4-11-26(27)30-15-6-9-20-38(30)32)23(3)37-19-8-7-16-31(37)34(24)36(29)39-35(25)28/h4-20,22,32-33H,3,21H2,1-2H3/q+2. The van der Waals surface area contributed by atoms with Crippen molar-refractivity contribution in [2.75, 3.05) is 0 Å². The minimum atomic E-state index is 0.138. The van der Waals surface area contributed by atoms with E-state index in [9.17, 15) is 0 Å². The molecule has 3 nitrogen and oxygen atoms in total. The van der Waals surface area contributed by atoms with E-state index >= 15 is 0 Å². The second kappa shape index (κ2) is 8.25. The molecule has 6 aromatic rings. The van der Waals surface area contributed by atoms with Crippen molar-refractivity contribution in [2.24, 2.45) is 0 Å². The van der Waals surface area contributed by atoms with E-state index in [0.29, 0.717) is 5.92 Å². The molecule has 8 rings (SSSR count). The summed E-state index contributed by atoms with van der Waals surface area (Å²) in [5.41, 5.74) is 11.8. The summed E-state index contributed by atoms with van der Waals surface area (Å²) in [4.78, 5) is 0. The van der Waals surface area contributed by atoms with Gasteiger partial charge in [-0.3, -0.25) is 0 Å². The topological polar surface area (TPSA) is 20.9 Å². The zero-order valence-electron chi connectivity index (χ0n) is 22.3. The molecule has 2 atom stereocenters. The van der Waals surface area contributed by atoms with E-state index in [0.717, 1.165) is 29.0 Å². The maximum absolute atomic E-state index is 6.84. The number of aromatic nitrogens is 2. The number of allylic oxidation sites excluding steroid dienone is 1. The van der Waals surface area contributed by atoms with Gasteiger partial charge in [0.05, 0.1) is 11.1 Å². The highest BCUT2D eigenvalue weighted by Crippen LogP contribution is 2.47. The lowest BCUT2D eigenvalue weighted by molar-refractivity contribution is -0.719. The molecule has 0 saturated heterocycles. The molecule has 2 unspecified atom stereocenters. The predicted molar refractivity (Wildman–Crippen MR) is 156 cm³/mol. The number of fused-ring (bicyclic) bond motifs is 13. The summed E-state index contributed by atoms with van der Waals surface area (Å²) < 4.78 is 11.6. The van der Waals surface area contributed by atoms with E-state index in [1.165, 1.54) is 44.3 Å². The van der Waals surface area contributed by atoms with Crippen molar-refractivity contribution in [3.63, 3.8) is 0 Å². The average Bonchev–Trinajstić information content (AvgIpc) is 3.35. The minimum absolute atomic E-state index is 0.138. The van der Waals surface area contributed by atoms with E-state index in [-0.39, 0.29) is 12.0 Å². The van der Waals surface area contributed by atoms with E-state index in [4.69, 9.17) is 11.0 Å². The molecule has 0 bridgehead atoms. The maximum Gasteiger partial charge on any atom is 0.222 e. The third-order valence-electron chi connectivity index (χ3n) is 8.82. The SMILES string of the molecule is C=C1C2c3ccccc3-c3cccc[n+]3C2Cc2ccc3c(oc4c(C(C)C)cccc43)c2-c2cccc[n+]21.